The number of fused-ring (bicyclic) bond motifs is 1. The number of halogens is 3. The predicted molar refractivity (Wildman–Crippen MR) is 135 cm³/mol. The summed E-state index contributed by atoms with van der Waals surface area (Å²) in [4.78, 5) is 18.8. The zero-order valence-corrected chi connectivity index (χ0v) is 21.1. The summed E-state index contributed by atoms with van der Waals surface area (Å²) >= 11 is 0. The molecule has 4 aromatic rings. The van der Waals surface area contributed by atoms with Gasteiger partial charge in [0.1, 0.15) is 12.7 Å². The zero-order valence-electron chi connectivity index (χ0n) is 21.1. The average Bonchev–Trinajstić information content (AvgIpc) is 3.62. The monoisotopic (exact) mass is 530 g/mol. The van der Waals surface area contributed by atoms with Gasteiger partial charge in [0.05, 0.1) is 35.6 Å². The van der Waals surface area contributed by atoms with Crippen LogP contribution >= 0.6 is 0 Å². The third kappa shape index (κ3) is 5.37. The van der Waals surface area contributed by atoms with Gasteiger partial charge in [0, 0.05) is 36.9 Å². The quantitative estimate of drug-likeness (QED) is 0.341. The standard InChI is InChI=1S/C25H29F3N8O2/c1-3-36-20-6-4-5-18(31-19-7-8-34(2)13-17(19)26)16(20)9-21(36)24-32-23(38-33-24)11-29-25(37)15-10-30-35(12-15)14-22(27)28/h4-6,9-10,12,17,19,22,31H,3,7-8,11,13-14H2,1-2H3,(H,29,37)/t17?,19-/m1/s1. The number of alkyl halides is 3. The van der Waals surface area contributed by atoms with Crippen LogP contribution in [0.15, 0.2) is 41.2 Å². The summed E-state index contributed by atoms with van der Waals surface area (Å²) < 4.78 is 48.1. The van der Waals surface area contributed by atoms with Gasteiger partial charge in [-0.15, -0.1) is 0 Å². The fourth-order valence-corrected chi connectivity index (χ4v) is 4.77. The number of hydrogen-bond acceptors (Lipinski definition) is 7. The largest absolute Gasteiger partial charge is 0.379 e. The number of hydrogen-bond donors (Lipinski definition) is 2. The van der Waals surface area contributed by atoms with Crippen LogP contribution in [0.2, 0.25) is 0 Å². The number of benzene rings is 1. The van der Waals surface area contributed by atoms with Crippen molar-refractivity contribution < 1.29 is 22.5 Å². The smallest absolute Gasteiger partial charge is 0.257 e. The molecular formula is C25H29F3N8O2. The van der Waals surface area contributed by atoms with E-state index in [1.54, 1.807) is 0 Å². The Morgan fingerprint density at radius 2 is 2.16 bits per heavy atom. The third-order valence-corrected chi connectivity index (χ3v) is 6.67. The SMILES string of the molecule is CCn1c(-c2noc(CNC(=O)c3cnn(CC(F)F)c3)n2)cc2c(N[C@@H]3CCN(C)CC3F)cccc21. The second-order valence-corrected chi connectivity index (χ2v) is 9.37. The molecule has 1 aliphatic rings. The van der Waals surface area contributed by atoms with Crippen LogP contribution in [0.5, 0.6) is 0 Å². The van der Waals surface area contributed by atoms with Crippen LogP contribution in [0, 0.1) is 0 Å². The van der Waals surface area contributed by atoms with E-state index in [0.29, 0.717) is 25.3 Å². The maximum Gasteiger partial charge on any atom is 0.257 e. The van der Waals surface area contributed by atoms with Crippen molar-refractivity contribution in [2.45, 2.75) is 51.6 Å². The van der Waals surface area contributed by atoms with E-state index in [9.17, 15) is 18.0 Å². The summed E-state index contributed by atoms with van der Waals surface area (Å²) in [6, 6.07) is 7.55. The van der Waals surface area contributed by atoms with Gasteiger partial charge >= 0.3 is 0 Å². The molecule has 0 radical (unpaired) electrons. The summed E-state index contributed by atoms with van der Waals surface area (Å²) in [6.07, 6.45) is -0.349. The maximum atomic E-state index is 14.7. The lowest BCUT2D eigenvalue weighted by Gasteiger charge is -2.33. The van der Waals surface area contributed by atoms with Crippen molar-refractivity contribution in [2.75, 3.05) is 25.5 Å². The highest BCUT2D eigenvalue weighted by molar-refractivity contribution is 5.96. The molecule has 13 heteroatoms. The van der Waals surface area contributed by atoms with E-state index < -0.39 is 25.0 Å². The van der Waals surface area contributed by atoms with Crippen molar-refractivity contribution >= 4 is 22.5 Å². The lowest BCUT2D eigenvalue weighted by Crippen LogP contribution is -2.46. The molecule has 1 aromatic carbocycles. The Balaban J connectivity index is 1.32. The Labute approximate surface area is 216 Å². The molecule has 5 rings (SSSR count). The maximum absolute atomic E-state index is 14.7. The van der Waals surface area contributed by atoms with E-state index in [0.717, 1.165) is 33.5 Å². The first-order valence-electron chi connectivity index (χ1n) is 12.5. The van der Waals surface area contributed by atoms with Crippen molar-refractivity contribution in [3.63, 3.8) is 0 Å². The van der Waals surface area contributed by atoms with Gasteiger partial charge in [-0.2, -0.15) is 10.1 Å². The number of carbonyl (C=O) groups excluding carboxylic acids is 1. The third-order valence-electron chi connectivity index (χ3n) is 6.67. The van der Waals surface area contributed by atoms with Crippen LogP contribution in [0.3, 0.4) is 0 Å². The van der Waals surface area contributed by atoms with Crippen molar-refractivity contribution in [3.8, 4) is 11.5 Å². The lowest BCUT2D eigenvalue weighted by molar-refractivity contribution is 0.0944. The zero-order chi connectivity index (χ0) is 26.8. The van der Waals surface area contributed by atoms with Crippen LogP contribution in [-0.2, 0) is 19.6 Å². The normalized spacial score (nSPS) is 18.4. The predicted octanol–water partition coefficient (Wildman–Crippen LogP) is 3.56. The second-order valence-electron chi connectivity index (χ2n) is 9.37. The molecule has 202 valence electrons. The molecule has 4 heterocycles. The van der Waals surface area contributed by atoms with Crippen molar-refractivity contribution in [1.82, 2.24) is 34.7 Å². The topological polar surface area (TPSA) is 106 Å². The van der Waals surface area contributed by atoms with E-state index in [2.05, 4.69) is 25.9 Å². The van der Waals surface area contributed by atoms with E-state index >= 15 is 0 Å². The number of nitrogens with one attached hydrogen (secondary N) is 2. The van der Waals surface area contributed by atoms with Gasteiger partial charge in [-0.05, 0) is 38.6 Å². The molecule has 1 unspecified atom stereocenters. The fourth-order valence-electron chi connectivity index (χ4n) is 4.77. The number of anilines is 1. The van der Waals surface area contributed by atoms with E-state index in [4.69, 9.17) is 4.52 Å². The molecule has 1 aliphatic heterocycles. The van der Waals surface area contributed by atoms with Crippen molar-refractivity contribution in [2.24, 2.45) is 0 Å². The van der Waals surface area contributed by atoms with Gasteiger partial charge < -0.3 is 24.6 Å². The number of aryl methyl sites for hydroxylation is 1. The molecule has 2 N–H and O–H groups in total. The summed E-state index contributed by atoms with van der Waals surface area (Å²) in [5.41, 5.74) is 2.68. The second kappa shape index (κ2) is 10.9. The van der Waals surface area contributed by atoms with Gasteiger partial charge in [0.2, 0.25) is 11.7 Å². The first-order chi connectivity index (χ1) is 18.3. The lowest BCUT2D eigenvalue weighted by atomic mass is 10.0. The Morgan fingerprint density at radius 3 is 2.92 bits per heavy atom. The Bertz CT molecular complexity index is 1410. The van der Waals surface area contributed by atoms with Crippen molar-refractivity contribution in [3.05, 3.63) is 48.1 Å². The molecule has 3 aromatic heterocycles. The minimum atomic E-state index is -2.57. The Morgan fingerprint density at radius 1 is 1.32 bits per heavy atom. The summed E-state index contributed by atoms with van der Waals surface area (Å²) in [7, 11) is 1.92. The van der Waals surface area contributed by atoms with E-state index in [-0.39, 0.29) is 24.0 Å². The van der Waals surface area contributed by atoms with Gasteiger partial charge in [0.25, 0.3) is 12.3 Å². The van der Waals surface area contributed by atoms with Crippen molar-refractivity contribution in [1.29, 1.82) is 0 Å². The van der Waals surface area contributed by atoms with Crippen LogP contribution in [0.4, 0.5) is 18.9 Å². The number of aromatic nitrogens is 5. The van der Waals surface area contributed by atoms with Crippen LogP contribution < -0.4 is 10.6 Å². The summed E-state index contributed by atoms with van der Waals surface area (Å²) in [5.74, 6) is 0.0422. The molecule has 1 fully saturated rings. The molecule has 0 spiro atoms. The number of piperidine rings is 1. The van der Waals surface area contributed by atoms with Crippen LogP contribution in [0.1, 0.15) is 29.6 Å². The first kappa shape index (κ1) is 25.8. The first-order valence-corrected chi connectivity index (χ1v) is 12.5. The fraction of sp³-hybridized carbons (Fsp3) is 0.440. The minimum absolute atomic E-state index is 0.0426. The molecule has 38 heavy (non-hydrogen) atoms. The highest BCUT2D eigenvalue weighted by Gasteiger charge is 2.28. The molecule has 0 bridgehead atoms. The molecule has 0 aliphatic carbocycles. The average molecular weight is 531 g/mol. The molecular weight excluding hydrogens is 501 g/mol. The minimum Gasteiger partial charge on any atom is -0.379 e. The molecule has 1 amide bonds. The molecule has 0 saturated carbocycles. The highest BCUT2D eigenvalue weighted by Crippen LogP contribution is 2.33. The molecule has 10 nitrogen and oxygen atoms in total. The van der Waals surface area contributed by atoms with Gasteiger partial charge in [-0.1, -0.05) is 11.2 Å². The Kier molecular flexibility index (Phi) is 7.36. The number of carbonyl (C=O) groups is 1. The number of rotatable bonds is 9. The summed E-state index contributed by atoms with van der Waals surface area (Å²) in [5, 5.41) is 14.8. The number of amides is 1. The van der Waals surface area contributed by atoms with Crippen LogP contribution in [0.25, 0.3) is 22.4 Å². The van der Waals surface area contributed by atoms with Gasteiger partial charge in [-0.3, -0.25) is 9.48 Å². The molecule has 2 atom stereocenters. The Hall–Kier alpha value is -3.87. The van der Waals surface area contributed by atoms with E-state index in [1.807, 2.05) is 47.7 Å². The van der Waals surface area contributed by atoms with E-state index in [1.165, 1.54) is 12.4 Å². The number of nitrogens with zero attached hydrogens (tertiary/aromatic N) is 6. The molecule has 1 saturated heterocycles. The summed E-state index contributed by atoms with van der Waals surface area (Å²) in [6.45, 7) is 3.25. The highest BCUT2D eigenvalue weighted by atomic mass is 19.3. The van der Waals surface area contributed by atoms with Gasteiger partial charge in [0.15, 0.2) is 0 Å². The number of likely N-dealkylation sites (tertiary alicyclic amines) is 1. The van der Waals surface area contributed by atoms with Crippen LogP contribution in [-0.4, -0.2) is 74.1 Å². The van der Waals surface area contributed by atoms with Gasteiger partial charge in [-0.25, -0.2) is 13.2 Å².